The number of nitrogens with one attached hydrogen (secondary N) is 2. The number of fused-ring (bicyclic) bond motifs is 2. The van der Waals surface area contributed by atoms with Crippen LogP contribution in [0, 0.1) is 5.92 Å². The van der Waals surface area contributed by atoms with Crippen molar-refractivity contribution in [3.63, 3.8) is 0 Å². The van der Waals surface area contributed by atoms with Crippen LogP contribution in [0.25, 0.3) is 11.0 Å². The highest BCUT2D eigenvalue weighted by Crippen LogP contribution is 2.25. The largest absolute Gasteiger partial charge is 0.341 e. The Morgan fingerprint density at radius 1 is 1.20 bits per heavy atom. The third-order valence-corrected chi connectivity index (χ3v) is 4.25. The van der Waals surface area contributed by atoms with Crippen molar-refractivity contribution in [2.45, 2.75) is 19.0 Å². The minimum atomic E-state index is 0. The highest BCUT2D eigenvalue weighted by atomic mass is 35.5. The van der Waals surface area contributed by atoms with Crippen LogP contribution in [0.1, 0.15) is 12.2 Å². The second kappa shape index (κ2) is 6.31. The number of nitrogens with zero attached hydrogens (tertiary/aromatic N) is 2. The van der Waals surface area contributed by atoms with Gasteiger partial charge in [0.1, 0.15) is 5.82 Å². The molecule has 6 heteroatoms. The third kappa shape index (κ3) is 2.79. The lowest BCUT2D eigenvalue weighted by atomic mass is 10.1. The molecule has 0 aliphatic carbocycles. The highest BCUT2D eigenvalue weighted by Gasteiger charge is 2.35. The van der Waals surface area contributed by atoms with Crippen molar-refractivity contribution < 1.29 is 0 Å². The molecule has 2 atom stereocenters. The van der Waals surface area contributed by atoms with Crippen LogP contribution in [0.3, 0.4) is 0 Å². The normalized spacial score (nSPS) is 25.2. The zero-order valence-corrected chi connectivity index (χ0v) is 12.8. The van der Waals surface area contributed by atoms with E-state index in [0.29, 0.717) is 0 Å². The van der Waals surface area contributed by atoms with E-state index in [4.69, 9.17) is 0 Å². The van der Waals surface area contributed by atoms with Crippen molar-refractivity contribution in [3.8, 4) is 0 Å². The van der Waals surface area contributed by atoms with E-state index in [1.54, 1.807) is 0 Å². The maximum absolute atomic E-state index is 4.65. The summed E-state index contributed by atoms with van der Waals surface area (Å²) in [6.45, 7) is 4.54. The first kappa shape index (κ1) is 15.6. The Morgan fingerprint density at radius 3 is 2.85 bits per heavy atom. The lowest BCUT2D eigenvalue weighted by Crippen LogP contribution is -2.30. The standard InChI is InChI=1S/C14H18N4.2ClH/c1-2-4-12-11(3-1)16-14(17-12)9-18-7-10-5-6-15-13(10)8-18;;/h1-4,10,13,15H,5-9H2,(H,16,17);2*1H/t10-,13+;;/m0../s1. The average Bonchev–Trinajstić information content (AvgIpc) is 3.01. The average molecular weight is 315 g/mol. The Morgan fingerprint density at radius 2 is 2.05 bits per heavy atom. The first-order valence-corrected chi connectivity index (χ1v) is 6.78. The molecule has 1 aromatic carbocycles. The molecule has 2 saturated heterocycles. The van der Waals surface area contributed by atoms with Crippen LogP contribution in [0.15, 0.2) is 24.3 Å². The van der Waals surface area contributed by atoms with Gasteiger partial charge >= 0.3 is 0 Å². The molecule has 3 heterocycles. The van der Waals surface area contributed by atoms with E-state index in [2.05, 4.69) is 38.4 Å². The van der Waals surface area contributed by atoms with E-state index in [1.807, 2.05) is 6.07 Å². The summed E-state index contributed by atoms with van der Waals surface area (Å²) in [5.41, 5.74) is 2.22. The molecular formula is C14H20Cl2N4. The molecule has 110 valence electrons. The molecule has 2 fully saturated rings. The SMILES string of the molecule is Cl.Cl.c1ccc2[nH]c(CN3C[C@@H]4CCN[C@@H]4C3)nc2c1. The van der Waals surface area contributed by atoms with Gasteiger partial charge in [0.15, 0.2) is 0 Å². The van der Waals surface area contributed by atoms with Gasteiger partial charge in [-0.1, -0.05) is 12.1 Å². The number of benzene rings is 1. The quantitative estimate of drug-likeness (QED) is 0.893. The molecule has 2 aromatic rings. The lowest BCUT2D eigenvalue weighted by Gasteiger charge is -2.14. The van der Waals surface area contributed by atoms with Gasteiger partial charge < -0.3 is 10.3 Å². The first-order valence-electron chi connectivity index (χ1n) is 6.78. The molecule has 0 unspecified atom stereocenters. The second-order valence-corrected chi connectivity index (χ2v) is 5.50. The molecule has 0 spiro atoms. The van der Waals surface area contributed by atoms with Gasteiger partial charge in [0.05, 0.1) is 17.6 Å². The van der Waals surface area contributed by atoms with E-state index in [1.165, 1.54) is 26.1 Å². The third-order valence-electron chi connectivity index (χ3n) is 4.25. The number of imidazole rings is 1. The number of rotatable bonds is 2. The van der Waals surface area contributed by atoms with Crippen LogP contribution in [-0.4, -0.2) is 40.5 Å². The van der Waals surface area contributed by atoms with Crippen LogP contribution in [-0.2, 0) is 6.54 Å². The zero-order chi connectivity index (χ0) is 11.9. The van der Waals surface area contributed by atoms with Crippen molar-refractivity contribution in [2.24, 2.45) is 5.92 Å². The highest BCUT2D eigenvalue weighted by molar-refractivity contribution is 5.85. The Labute approximate surface area is 131 Å². The molecule has 2 aliphatic rings. The lowest BCUT2D eigenvalue weighted by molar-refractivity contribution is 0.300. The summed E-state index contributed by atoms with van der Waals surface area (Å²) in [4.78, 5) is 10.6. The summed E-state index contributed by atoms with van der Waals surface area (Å²) in [7, 11) is 0. The molecule has 20 heavy (non-hydrogen) atoms. The van der Waals surface area contributed by atoms with Crippen molar-refractivity contribution in [3.05, 3.63) is 30.1 Å². The minimum Gasteiger partial charge on any atom is -0.341 e. The molecule has 4 nitrogen and oxygen atoms in total. The van der Waals surface area contributed by atoms with Crippen LogP contribution < -0.4 is 5.32 Å². The number of aromatic nitrogens is 2. The van der Waals surface area contributed by atoms with Gasteiger partial charge in [-0.2, -0.15) is 0 Å². The molecule has 0 bridgehead atoms. The fraction of sp³-hybridized carbons (Fsp3) is 0.500. The topological polar surface area (TPSA) is 44.0 Å². The van der Waals surface area contributed by atoms with Gasteiger partial charge in [0.25, 0.3) is 0 Å². The Balaban J connectivity index is 0.000000735. The number of hydrogen-bond donors (Lipinski definition) is 2. The van der Waals surface area contributed by atoms with E-state index in [0.717, 1.165) is 35.4 Å². The molecule has 0 amide bonds. The molecular weight excluding hydrogens is 295 g/mol. The van der Waals surface area contributed by atoms with Crippen molar-refractivity contribution in [2.75, 3.05) is 19.6 Å². The number of para-hydroxylation sites is 2. The smallest absolute Gasteiger partial charge is 0.121 e. The Bertz CT molecular complexity index is 526. The summed E-state index contributed by atoms with van der Waals surface area (Å²) in [6.07, 6.45) is 1.33. The predicted molar refractivity (Wildman–Crippen MR) is 85.8 cm³/mol. The van der Waals surface area contributed by atoms with E-state index in [9.17, 15) is 0 Å². The number of hydrogen-bond acceptors (Lipinski definition) is 3. The van der Waals surface area contributed by atoms with Gasteiger partial charge in [-0.25, -0.2) is 4.98 Å². The van der Waals surface area contributed by atoms with Crippen LogP contribution in [0.4, 0.5) is 0 Å². The maximum atomic E-state index is 4.65. The predicted octanol–water partition coefficient (Wildman–Crippen LogP) is 2.20. The molecule has 0 saturated carbocycles. The van der Waals surface area contributed by atoms with E-state index in [-0.39, 0.29) is 24.8 Å². The monoisotopic (exact) mass is 314 g/mol. The maximum Gasteiger partial charge on any atom is 0.121 e. The summed E-state index contributed by atoms with van der Waals surface area (Å²) >= 11 is 0. The van der Waals surface area contributed by atoms with Gasteiger partial charge in [-0.15, -0.1) is 24.8 Å². The Hall–Kier alpha value is -0.810. The Kier molecular flexibility index (Phi) is 4.91. The van der Waals surface area contributed by atoms with Gasteiger partial charge in [0, 0.05) is 19.1 Å². The van der Waals surface area contributed by atoms with Gasteiger partial charge in [-0.3, -0.25) is 4.90 Å². The van der Waals surface area contributed by atoms with Gasteiger partial charge in [-0.05, 0) is 31.0 Å². The van der Waals surface area contributed by atoms with E-state index < -0.39 is 0 Å². The van der Waals surface area contributed by atoms with Crippen molar-refractivity contribution in [1.29, 1.82) is 0 Å². The summed E-state index contributed by atoms with van der Waals surface area (Å²) in [5, 5.41) is 3.59. The van der Waals surface area contributed by atoms with Crippen LogP contribution in [0.2, 0.25) is 0 Å². The molecule has 4 rings (SSSR count). The number of likely N-dealkylation sites (tertiary alicyclic amines) is 1. The molecule has 0 radical (unpaired) electrons. The summed E-state index contributed by atoms with van der Waals surface area (Å²) in [6, 6.07) is 8.96. The first-order chi connectivity index (χ1) is 8.88. The zero-order valence-electron chi connectivity index (χ0n) is 11.2. The number of aromatic amines is 1. The molecule has 2 N–H and O–H groups in total. The van der Waals surface area contributed by atoms with Crippen LogP contribution in [0.5, 0.6) is 0 Å². The van der Waals surface area contributed by atoms with Crippen molar-refractivity contribution >= 4 is 35.8 Å². The van der Waals surface area contributed by atoms with Gasteiger partial charge in [0.2, 0.25) is 0 Å². The van der Waals surface area contributed by atoms with E-state index >= 15 is 0 Å². The number of H-pyrrole nitrogens is 1. The fourth-order valence-corrected chi connectivity index (χ4v) is 3.36. The fourth-order valence-electron chi connectivity index (χ4n) is 3.36. The summed E-state index contributed by atoms with van der Waals surface area (Å²) in [5.74, 6) is 1.95. The molecule has 2 aliphatic heterocycles. The molecule has 1 aromatic heterocycles. The summed E-state index contributed by atoms with van der Waals surface area (Å²) < 4.78 is 0. The number of halogens is 2. The minimum absolute atomic E-state index is 0. The second-order valence-electron chi connectivity index (χ2n) is 5.50. The van der Waals surface area contributed by atoms with Crippen molar-refractivity contribution in [1.82, 2.24) is 20.2 Å². The van der Waals surface area contributed by atoms with Crippen LogP contribution >= 0.6 is 24.8 Å².